The van der Waals surface area contributed by atoms with Crippen LogP contribution >= 0.6 is 0 Å². The maximum Gasteiger partial charge on any atom is 0.248 e. The Balaban J connectivity index is 1.57. The van der Waals surface area contributed by atoms with E-state index in [0.717, 1.165) is 23.1 Å². The molecule has 2 aromatic carbocycles. The van der Waals surface area contributed by atoms with E-state index in [2.05, 4.69) is 72.6 Å². The zero-order valence-electron chi connectivity index (χ0n) is 18.7. The molecule has 2 aliphatic rings. The summed E-state index contributed by atoms with van der Waals surface area (Å²) in [4.78, 5) is 0. The van der Waals surface area contributed by atoms with E-state index >= 15 is 0 Å². The predicted molar refractivity (Wildman–Crippen MR) is 125 cm³/mol. The van der Waals surface area contributed by atoms with Crippen LogP contribution in [0.1, 0.15) is 49.9 Å². The Morgan fingerprint density at radius 3 is 2.47 bits per heavy atom. The lowest BCUT2D eigenvalue weighted by Crippen LogP contribution is -2.48. The number of alkyl halides is 1. The number of halogens is 1. The molecule has 5 heteroatoms. The number of hydrogen-bond donors (Lipinski definition) is 0. The van der Waals surface area contributed by atoms with Crippen molar-refractivity contribution < 1.29 is 13.4 Å². The van der Waals surface area contributed by atoms with Gasteiger partial charge in [-0.25, -0.2) is 8.97 Å². The molecule has 0 N–H and O–H groups in total. The minimum atomic E-state index is -0.490. The third-order valence-corrected chi connectivity index (χ3v) is 7.09. The van der Waals surface area contributed by atoms with Gasteiger partial charge in [0.2, 0.25) is 11.8 Å². The van der Waals surface area contributed by atoms with Crippen molar-refractivity contribution >= 4 is 11.8 Å². The van der Waals surface area contributed by atoms with Crippen molar-refractivity contribution in [2.45, 2.75) is 45.4 Å². The highest BCUT2D eigenvalue weighted by Crippen LogP contribution is 2.48. The number of rotatable bonds is 4. The highest BCUT2D eigenvalue weighted by atomic mass is 19.1. The summed E-state index contributed by atoms with van der Waals surface area (Å²) in [5.74, 6) is 1.26. The number of nitrogens with zero attached hydrogens (tertiary/aromatic N) is 3. The first-order chi connectivity index (χ1) is 15.5. The van der Waals surface area contributed by atoms with E-state index in [4.69, 9.17) is 4.42 Å². The smallest absolute Gasteiger partial charge is 0.248 e. The van der Waals surface area contributed by atoms with E-state index in [1.54, 1.807) is 24.3 Å². The quantitative estimate of drug-likeness (QED) is 0.452. The Morgan fingerprint density at radius 1 is 1.09 bits per heavy atom. The van der Waals surface area contributed by atoms with Crippen molar-refractivity contribution in [3.8, 4) is 22.9 Å². The van der Waals surface area contributed by atoms with Crippen LogP contribution in [0, 0.1) is 5.92 Å². The van der Waals surface area contributed by atoms with E-state index in [0.29, 0.717) is 23.3 Å². The average Bonchev–Trinajstić information content (AvgIpc) is 3.32. The minimum Gasteiger partial charge on any atom is -0.416 e. The van der Waals surface area contributed by atoms with Gasteiger partial charge in [-0.3, -0.25) is 0 Å². The summed E-state index contributed by atoms with van der Waals surface area (Å²) in [6, 6.07) is 13.6. The van der Waals surface area contributed by atoms with Gasteiger partial charge < -0.3 is 4.42 Å². The van der Waals surface area contributed by atoms with E-state index in [-0.39, 0.29) is 11.6 Å². The molecule has 0 saturated carbocycles. The lowest BCUT2D eigenvalue weighted by atomic mass is 9.73. The van der Waals surface area contributed by atoms with Crippen molar-refractivity contribution in [3.05, 3.63) is 77.9 Å². The second-order valence-corrected chi connectivity index (χ2v) is 8.90. The van der Waals surface area contributed by atoms with Crippen LogP contribution in [0.4, 0.5) is 4.39 Å². The number of hydrogen-bond acceptors (Lipinski definition) is 3. The van der Waals surface area contributed by atoms with Gasteiger partial charge in [-0.15, -0.1) is 10.2 Å². The van der Waals surface area contributed by atoms with Crippen LogP contribution < -0.4 is 0 Å². The van der Waals surface area contributed by atoms with Crippen LogP contribution in [0.15, 0.2) is 65.6 Å². The van der Waals surface area contributed by atoms with Gasteiger partial charge in [-0.2, -0.15) is 0 Å². The van der Waals surface area contributed by atoms with Crippen molar-refractivity contribution in [2.75, 3.05) is 0 Å². The molecule has 0 aliphatic carbocycles. The van der Waals surface area contributed by atoms with E-state index in [1.165, 1.54) is 11.1 Å². The summed E-state index contributed by atoms with van der Waals surface area (Å²) >= 11 is 0. The first-order valence-electron chi connectivity index (χ1n) is 11.1. The van der Waals surface area contributed by atoms with Gasteiger partial charge in [0.25, 0.3) is 0 Å². The predicted octanol–water partition coefficient (Wildman–Crippen LogP) is 6.40. The van der Waals surface area contributed by atoms with Crippen LogP contribution in [0.3, 0.4) is 0 Å². The second-order valence-electron chi connectivity index (χ2n) is 8.90. The zero-order valence-corrected chi connectivity index (χ0v) is 18.7. The molecule has 3 unspecified atom stereocenters. The van der Waals surface area contributed by atoms with E-state index in [9.17, 15) is 4.39 Å². The summed E-state index contributed by atoms with van der Waals surface area (Å²) in [7, 11) is 0. The normalized spacial score (nSPS) is 24.1. The SMILES string of the molecule is C=C1c2ccc(-c3nnc(-c4ccc(CF)cc4)o3)cc2C2C(C)C=CC=[N+]2C1(C)CC. The van der Waals surface area contributed by atoms with E-state index in [1.807, 2.05) is 6.07 Å². The third kappa shape index (κ3) is 3.07. The molecule has 3 heterocycles. The molecular formula is C27H27FN3O+. The van der Waals surface area contributed by atoms with Crippen molar-refractivity contribution in [1.82, 2.24) is 10.2 Å². The molecule has 3 atom stereocenters. The average molecular weight is 429 g/mol. The van der Waals surface area contributed by atoms with Gasteiger partial charge in [0.15, 0.2) is 17.8 Å². The molecule has 2 aliphatic heterocycles. The Kier molecular flexibility index (Phi) is 4.92. The Bertz CT molecular complexity index is 1250. The molecule has 0 bridgehead atoms. The zero-order chi connectivity index (χ0) is 22.5. The Labute approximate surface area is 187 Å². The summed E-state index contributed by atoms with van der Waals surface area (Å²) in [6.45, 7) is 10.8. The largest absolute Gasteiger partial charge is 0.416 e. The van der Waals surface area contributed by atoms with Crippen LogP contribution in [-0.2, 0) is 6.67 Å². The molecule has 0 fully saturated rings. The number of benzene rings is 2. The third-order valence-electron chi connectivity index (χ3n) is 7.09. The Morgan fingerprint density at radius 2 is 1.78 bits per heavy atom. The van der Waals surface area contributed by atoms with Gasteiger partial charge in [-0.1, -0.05) is 44.7 Å². The molecule has 162 valence electrons. The lowest BCUT2D eigenvalue weighted by Gasteiger charge is -2.41. The van der Waals surface area contributed by atoms with Gasteiger partial charge in [-0.05, 0) is 41.5 Å². The molecule has 32 heavy (non-hydrogen) atoms. The molecule has 0 saturated heterocycles. The number of allylic oxidation sites excluding steroid dienone is 1. The first-order valence-corrected chi connectivity index (χ1v) is 11.1. The molecule has 0 spiro atoms. The maximum atomic E-state index is 12.8. The fourth-order valence-electron chi connectivity index (χ4n) is 4.92. The van der Waals surface area contributed by atoms with Gasteiger partial charge >= 0.3 is 0 Å². The van der Waals surface area contributed by atoms with Crippen LogP contribution in [0.25, 0.3) is 28.5 Å². The van der Waals surface area contributed by atoms with E-state index < -0.39 is 6.67 Å². The van der Waals surface area contributed by atoms with Gasteiger partial charge in [0.05, 0.1) is 0 Å². The molecular weight excluding hydrogens is 401 g/mol. The Hall–Kier alpha value is -3.34. The van der Waals surface area contributed by atoms with Crippen LogP contribution in [0.5, 0.6) is 0 Å². The molecule has 5 rings (SSSR count). The second kappa shape index (κ2) is 7.66. The molecule has 0 radical (unpaired) electrons. The summed E-state index contributed by atoms with van der Waals surface area (Å²) in [5, 5.41) is 8.51. The lowest BCUT2D eigenvalue weighted by molar-refractivity contribution is -0.633. The highest BCUT2D eigenvalue weighted by molar-refractivity contribution is 5.78. The van der Waals surface area contributed by atoms with Gasteiger partial charge in [0.1, 0.15) is 6.67 Å². The van der Waals surface area contributed by atoms with Gasteiger partial charge in [0, 0.05) is 41.5 Å². The monoisotopic (exact) mass is 428 g/mol. The maximum absolute atomic E-state index is 12.8. The summed E-state index contributed by atoms with van der Waals surface area (Å²) in [5.41, 5.74) is 5.74. The number of aromatic nitrogens is 2. The number of fused-ring (bicyclic) bond motifs is 3. The van der Waals surface area contributed by atoms with Crippen molar-refractivity contribution in [1.29, 1.82) is 0 Å². The fourth-order valence-corrected chi connectivity index (χ4v) is 4.92. The van der Waals surface area contributed by atoms with Crippen molar-refractivity contribution in [3.63, 3.8) is 0 Å². The molecule has 1 aromatic heterocycles. The standard InChI is InChI=1S/C27H27FN3O/c1-5-27(4)18(3)22-13-12-21(15-23(22)24-17(2)7-6-14-31(24)27)26-30-29-25(32-26)20-10-8-19(16-28)9-11-20/h6-15,17,24H,3,5,16H2,1-2,4H3/q+1. The van der Waals surface area contributed by atoms with Crippen LogP contribution in [0.2, 0.25) is 0 Å². The topological polar surface area (TPSA) is 41.9 Å². The fraction of sp³-hybridized carbons (Fsp3) is 0.296. The molecule has 4 nitrogen and oxygen atoms in total. The minimum absolute atomic E-state index is 0.123. The molecule has 0 amide bonds. The summed E-state index contributed by atoms with van der Waals surface area (Å²) in [6.07, 6.45) is 7.58. The van der Waals surface area contributed by atoms with Crippen molar-refractivity contribution in [2.24, 2.45) is 5.92 Å². The summed E-state index contributed by atoms with van der Waals surface area (Å²) < 4.78 is 21.3. The first kappa shape index (κ1) is 20.6. The highest BCUT2D eigenvalue weighted by Gasteiger charge is 2.50. The molecule has 3 aromatic rings. The van der Waals surface area contributed by atoms with Crippen LogP contribution in [-0.4, -0.2) is 26.5 Å².